The van der Waals surface area contributed by atoms with E-state index in [4.69, 9.17) is 27.9 Å². The van der Waals surface area contributed by atoms with Crippen LogP contribution in [0.5, 0.6) is 5.75 Å². The molecule has 2 amide bonds. The van der Waals surface area contributed by atoms with E-state index in [0.717, 1.165) is 44.5 Å². The summed E-state index contributed by atoms with van der Waals surface area (Å²) in [5.41, 5.74) is 0. The first-order valence-corrected chi connectivity index (χ1v) is 13.3. The monoisotopic (exact) mass is 511 g/mol. The molecule has 7 nitrogen and oxygen atoms in total. The van der Waals surface area contributed by atoms with Gasteiger partial charge in [0.2, 0.25) is 0 Å². The molecule has 0 spiro atoms. The minimum absolute atomic E-state index is 0.0826. The van der Waals surface area contributed by atoms with Crippen LogP contribution in [-0.2, 0) is 10.0 Å². The molecular weight excluding hydrogens is 485 g/mol. The van der Waals surface area contributed by atoms with Crippen LogP contribution in [0.4, 0.5) is 4.79 Å². The zero-order valence-corrected chi connectivity index (χ0v) is 20.5. The molecule has 2 aliphatic rings. The summed E-state index contributed by atoms with van der Waals surface area (Å²) < 4.78 is 33.3. The molecule has 2 heterocycles. The number of sulfonamides is 1. The molecule has 0 bridgehead atoms. The largest absolute Gasteiger partial charge is 0.490 e. The molecule has 0 aliphatic carbocycles. The number of nitrogens with zero attached hydrogens (tertiary/aromatic N) is 2. The van der Waals surface area contributed by atoms with E-state index < -0.39 is 16.1 Å². The lowest BCUT2D eigenvalue weighted by atomic mass is 9.99. The molecule has 1 N–H and O–H groups in total. The molecule has 178 valence electrons. The Morgan fingerprint density at radius 3 is 2.30 bits per heavy atom. The number of urea groups is 1. The summed E-state index contributed by atoms with van der Waals surface area (Å²) >= 11 is 12.0. The van der Waals surface area contributed by atoms with Crippen LogP contribution in [0, 0.1) is 0 Å². The minimum Gasteiger partial charge on any atom is -0.490 e. The second-order valence-corrected chi connectivity index (χ2v) is 10.9. The lowest BCUT2D eigenvalue weighted by Crippen LogP contribution is -2.52. The normalized spacial score (nSPS) is 18.8. The Morgan fingerprint density at radius 1 is 0.939 bits per heavy atom. The molecule has 0 unspecified atom stereocenters. The maximum absolute atomic E-state index is 12.6. The SMILES string of the molecule is O=C(NS(=O)(=O)c1ccccc1Cl)N1CCC(N2CCC(Oc3cccc(Cl)c3)CC2)CC1. The van der Waals surface area contributed by atoms with E-state index in [1.54, 1.807) is 17.0 Å². The third-order valence-electron chi connectivity index (χ3n) is 6.19. The van der Waals surface area contributed by atoms with E-state index in [-0.39, 0.29) is 16.0 Å². The van der Waals surface area contributed by atoms with Crippen molar-refractivity contribution in [3.05, 3.63) is 58.6 Å². The third-order valence-corrected chi connectivity index (χ3v) is 8.25. The van der Waals surface area contributed by atoms with Crippen LogP contribution in [0.15, 0.2) is 53.4 Å². The number of carbonyl (C=O) groups excluding carboxylic acids is 1. The van der Waals surface area contributed by atoms with Crippen LogP contribution in [0.2, 0.25) is 10.0 Å². The van der Waals surface area contributed by atoms with Crippen molar-refractivity contribution in [3.8, 4) is 5.75 Å². The molecular formula is C23H27Cl2N3O4S. The quantitative estimate of drug-likeness (QED) is 0.643. The number of benzene rings is 2. The number of piperidine rings is 2. The maximum Gasteiger partial charge on any atom is 0.331 e. The van der Waals surface area contributed by atoms with E-state index >= 15 is 0 Å². The van der Waals surface area contributed by atoms with E-state index in [9.17, 15) is 13.2 Å². The van der Waals surface area contributed by atoms with Crippen LogP contribution in [0.1, 0.15) is 25.7 Å². The number of ether oxygens (including phenoxy) is 1. The number of carbonyl (C=O) groups is 1. The van der Waals surface area contributed by atoms with Crippen LogP contribution >= 0.6 is 23.2 Å². The standard InChI is InChI=1S/C23H27Cl2N3O4S/c24-17-4-3-5-20(16-17)32-19-10-14-27(15-11-19)18-8-12-28(13-9-18)23(29)26-33(30,31)22-7-2-1-6-21(22)25/h1-7,16,18-19H,8-15H2,(H,26,29). The van der Waals surface area contributed by atoms with Crippen LogP contribution in [0.25, 0.3) is 0 Å². The smallest absolute Gasteiger partial charge is 0.331 e. The van der Waals surface area contributed by atoms with Gasteiger partial charge in [0.15, 0.2) is 0 Å². The number of rotatable bonds is 5. The minimum atomic E-state index is -4.01. The van der Waals surface area contributed by atoms with Crippen molar-refractivity contribution in [1.29, 1.82) is 0 Å². The van der Waals surface area contributed by atoms with Gasteiger partial charge in [-0.15, -0.1) is 0 Å². The molecule has 2 aromatic carbocycles. The predicted octanol–water partition coefficient (Wildman–Crippen LogP) is 4.40. The van der Waals surface area contributed by atoms with Gasteiger partial charge in [0, 0.05) is 37.2 Å². The molecule has 0 radical (unpaired) electrons. The van der Waals surface area contributed by atoms with Crippen molar-refractivity contribution in [2.24, 2.45) is 0 Å². The van der Waals surface area contributed by atoms with Crippen LogP contribution < -0.4 is 9.46 Å². The first-order valence-electron chi connectivity index (χ1n) is 11.0. The van der Waals surface area contributed by atoms with Crippen molar-refractivity contribution < 1.29 is 17.9 Å². The topological polar surface area (TPSA) is 79.0 Å². The Balaban J connectivity index is 1.24. The molecule has 2 saturated heterocycles. The summed E-state index contributed by atoms with van der Waals surface area (Å²) in [7, 11) is -4.01. The fourth-order valence-electron chi connectivity index (χ4n) is 4.42. The molecule has 2 fully saturated rings. The Kier molecular flexibility index (Phi) is 7.69. The Morgan fingerprint density at radius 2 is 1.64 bits per heavy atom. The predicted molar refractivity (Wildman–Crippen MR) is 128 cm³/mol. The lowest BCUT2D eigenvalue weighted by molar-refractivity contribution is 0.0540. The van der Waals surface area contributed by atoms with Gasteiger partial charge in [-0.3, -0.25) is 4.90 Å². The first-order chi connectivity index (χ1) is 15.8. The summed E-state index contributed by atoms with van der Waals surface area (Å²) in [4.78, 5) is 16.5. The van der Waals surface area contributed by atoms with Gasteiger partial charge in [-0.25, -0.2) is 17.9 Å². The number of halogens is 2. The van der Waals surface area contributed by atoms with Crippen molar-refractivity contribution in [3.63, 3.8) is 0 Å². The average molecular weight is 512 g/mol. The van der Waals surface area contributed by atoms with Crippen molar-refractivity contribution in [1.82, 2.24) is 14.5 Å². The summed E-state index contributed by atoms with van der Waals surface area (Å²) in [6.45, 7) is 2.88. The highest BCUT2D eigenvalue weighted by Crippen LogP contribution is 2.26. The summed E-state index contributed by atoms with van der Waals surface area (Å²) in [5.74, 6) is 0.798. The van der Waals surface area contributed by atoms with Crippen LogP contribution in [0.3, 0.4) is 0 Å². The molecule has 0 atom stereocenters. The molecule has 2 aliphatic heterocycles. The van der Waals surface area contributed by atoms with E-state index in [2.05, 4.69) is 9.62 Å². The highest BCUT2D eigenvalue weighted by Gasteiger charge is 2.31. The number of nitrogens with one attached hydrogen (secondary N) is 1. The van der Waals surface area contributed by atoms with Gasteiger partial charge in [0.1, 0.15) is 16.7 Å². The number of likely N-dealkylation sites (tertiary alicyclic amines) is 2. The van der Waals surface area contributed by atoms with Gasteiger partial charge < -0.3 is 9.64 Å². The highest BCUT2D eigenvalue weighted by molar-refractivity contribution is 7.90. The first kappa shape index (κ1) is 24.1. The summed E-state index contributed by atoms with van der Waals surface area (Å²) in [6, 6.07) is 13.3. The Bertz CT molecular complexity index is 1080. The van der Waals surface area contributed by atoms with Gasteiger partial charge in [-0.2, -0.15) is 0 Å². The van der Waals surface area contributed by atoms with Gasteiger partial charge in [-0.05, 0) is 56.0 Å². The van der Waals surface area contributed by atoms with Gasteiger partial charge in [-0.1, -0.05) is 41.4 Å². The molecule has 0 aromatic heterocycles. The van der Waals surface area contributed by atoms with Gasteiger partial charge >= 0.3 is 6.03 Å². The maximum atomic E-state index is 12.6. The zero-order chi connectivity index (χ0) is 23.4. The second-order valence-electron chi connectivity index (χ2n) is 8.37. The number of amides is 2. The van der Waals surface area contributed by atoms with Gasteiger partial charge in [0.05, 0.1) is 5.02 Å². The molecule has 33 heavy (non-hydrogen) atoms. The zero-order valence-electron chi connectivity index (χ0n) is 18.1. The molecule has 0 saturated carbocycles. The van der Waals surface area contributed by atoms with Crippen molar-refractivity contribution in [2.45, 2.75) is 42.7 Å². The summed E-state index contributed by atoms with van der Waals surface area (Å²) in [5, 5.41) is 0.750. The molecule has 2 aromatic rings. The number of hydrogen-bond donors (Lipinski definition) is 1. The molecule has 10 heteroatoms. The number of hydrogen-bond acceptors (Lipinski definition) is 5. The Labute approximate surface area is 204 Å². The summed E-state index contributed by atoms with van der Waals surface area (Å²) in [6.07, 6.45) is 3.64. The highest BCUT2D eigenvalue weighted by atomic mass is 35.5. The average Bonchev–Trinajstić information content (AvgIpc) is 2.80. The second kappa shape index (κ2) is 10.5. The Hall–Kier alpha value is -2.00. The third kappa shape index (κ3) is 6.12. The van der Waals surface area contributed by atoms with Crippen molar-refractivity contribution in [2.75, 3.05) is 26.2 Å². The van der Waals surface area contributed by atoms with Crippen LogP contribution in [-0.4, -0.2) is 62.6 Å². The van der Waals surface area contributed by atoms with Crippen molar-refractivity contribution >= 4 is 39.3 Å². The van der Waals surface area contributed by atoms with E-state index in [1.165, 1.54) is 12.1 Å². The lowest BCUT2D eigenvalue weighted by Gasteiger charge is -2.41. The fourth-order valence-corrected chi connectivity index (χ4v) is 6.09. The van der Waals surface area contributed by atoms with E-state index in [0.29, 0.717) is 24.2 Å². The molecule has 4 rings (SSSR count). The van der Waals surface area contributed by atoms with E-state index in [1.807, 2.05) is 24.3 Å². The van der Waals surface area contributed by atoms with Gasteiger partial charge in [0.25, 0.3) is 10.0 Å². The fraction of sp³-hybridized carbons (Fsp3) is 0.435.